The second kappa shape index (κ2) is 6.78. The van der Waals surface area contributed by atoms with Crippen LogP contribution in [0, 0.1) is 5.92 Å². The molecule has 2 aliphatic rings. The fraction of sp³-hybridized carbons (Fsp3) is 0.619. The molecule has 0 spiro atoms. The van der Waals surface area contributed by atoms with E-state index in [4.69, 9.17) is 4.74 Å². The molecule has 1 aliphatic heterocycles. The third-order valence-electron chi connectivity index (χ3n) is 5.66. The number of halogens is 1. The minimum Gasteiger partial charge on any atom is -0.508 e. The molecule has 0 radical (unpaired) electrons. The molecule has 1 aromatic rings. The van der Waals surface area contributed by atoms with E-state index in [0.29, 0.717) is 24.0 Å². The van der Waals surface area contributed by atoms with Crippen LogP contribution in [0.25, 0.3) is 0 Å². The lowest BCUT2D eigenvalue weighted by Gasteiger charge is -2.47. The fourth-order valence-corrected chi connectivity index (χ4v) is 4.36. The van der Waals surface area contributed by atoms with Gasteiger partial charge in [-0.1, -0.05) is 18.1 Å². The van der Waals surface area contributed by atoms with Gasteiger partial charge in [-0.3, -0.25) is 4.39 Å². The Balaban J connectivity index is 1.89. The van der Waals surface area contributed by atoms with Crippen LogP contribution in [0.2, 0.25) is 0 Å². The maximum absolute atomic E-state index is 12.2. The van der Waals surface area contributed by atoms with Crippen molar-refractivity contribution in [1.82, 2.24) is 0 Å². The van der Waals surface area contributed by atoms with Crippen molar-refractivity contribution in [3.8, 4) is 11.5 Å². The molecule has 0 unspecified atom stereocenters. The summed E-state index contributed by atoms with van der Waals surface area (Å²) in [7, 11) is 0. The van der Waals surface area contributed by atoms with Crippen molar-refractivity contribution >= 4 is 0 Å². The number of unbranched alkanes of at least 4 members (excludes halogenated alkanes) is 2. The number of ether oxygens (including phenoxy) is 1. The molecule has 1 N–H and O–H groups in total. The normalized spacial score (nSPS) is 24.6. The molecule has 3 rings (SSSR count). The maximum atomic E-state index is 12.2. The third-order valence-corrected chi connectivity index (χ3v) is 5.66. The second-order valence-electron chi connectivity index (χ2n) is 7.94. The highest BCUT2D eigenvalue weighted by Crippen LogP contribution is 2.54. The van der Waals surface area contributed by atoms with Gasteiger partial charge in [-0.2, -0.15) is 0 Å². The SMILES string of the molecule is CC1=CC[C@H]2[C@@H](C1)c1c(O)cc(CCCCCF)cc1OC2(C)C. The zero-order valence-corrected chi connectivity index (χ0v) is 15.1. The highest BCUT2D eigenvalue weighted by atomic mass is 19.1. The molecule has 0 bridgehead atoms. The molecule has 1 heterocycles. The van der Waals surface area contributed by atoms with Gasteiger partial charge in [-0.05, 0) is 70.6 Å². The van der Waals surface area contributed by atoms with Gasteiger partial charge in [0, 0.05) is 17.4 Å². The first kappa shape index (κ1) is 17.3. The predicted octanol–water partition coefficient (Wildman–Crippen LogP) is 5.69. The predicted molar refractivity (Wildman–Crippen MR) is 95.6 cm³/mol. The van der Waals surface area contributed by atoms with Crippen LogP contribution in [0.5, 0.6) is 11.5 Å². The number of rotatable bonds is 5. The van der Waals surface area contributed by atoms with Crippen molar-refractivity contribution in [1.29, 1.82) is 0 Å². The van der Waals surface area contributed by atoms with Crippen LogP contribution in [0.3, 0.4) is 0 Å². The Hall–Kier alpha value is -1.51. The molecule has 0 amide bonds. The van der Waals surface area contributed by atoms with Crippen LogP contribution in [-0.2, 0) is 6.42 Å². The van der Waals surface area contributed by atoms with Gasteiger partial charge in [0.2, 0.25) is 0 Å². The number of alkyl halides is 1. The average Bonchev–Trinajstić information content (AvgIpc) is 2.50. The van der Waals surface area contributed by atoms with Gasteiger partial charge in [0.15, 0.2) is 0 Å². The second-order valence-corrected chi connectivity index (χ2v) is 7.94. The number of fused-ring (bicyclic) bond motifs is 3. The summed E-state index contributed by atoms with van der Waals surface area (Å²) < 4.78 is 18.5. The molecule has 0 saturated carbocycles. The Kier molecular flexibility index (Phi) is 4.89. The number of aromatic hydroxyl groups is 1. The summed E-state index contributed by atoms with van der Waals surface area (Å²) in [6, 6.07) is 3.98. The highest BCUT2D eigenvalue weighted by Gasteiger charge is 2.45. The number of aryl methyl sites for hydroxylation is 1. The quantitative estimate of drug-likeness (QED) is 0.555. The van der Waals surface area contributed by atoms with Crippen molar-refractivity contribution in [2.75, 3.05) is 6.67 Å². The van der Waals surface area contributed by atoms with Gasteiger partial charge in [0.1, 0.15) is 17.1 Å². The number of phenols is 1. The maximum Gasteiger partial charge on any atom is 0.127 e. The lowest BCUT2D eigenvalue weighted by atomic mass is 9.67. The Morgan fingerprint density at radius 2 is 2.04 bits per heavy atom. The lowest BCUT2D eigenvalue weighted by molar-refractivity contribution is 0.00753. The van der Waals surface area contributed by atoms with Crippen molar-refractivity contribution in [3.63, 3.8) is 0 Å². The first-order valence-corrected chi connectivity index (χ1v) is 9.19. The first-order valence-electron chi connectivity index (χ1n) is 9.19. The van der Waals surface area contributed by atoms with E-state index in [1.807, 2.05) is 6.07 Å². The summed E-state index contributed by atoms with van der Waals surface area (Å²) >= 11 is 0. The molecule has 2 atom stereocenters. The molecule has 2 nitrogen and oxygen atoms in total. The third kappa shape index (κ3) is 3.31. The van der Waals surface area contributed by atoms with E-state index < -0.39 is 0 Å². The van der Waals surface area contributed by atoms with Crippen LogP contribution in [0.1, 0.15) is 69.9 Å². The van der Waals surface area contributed by atoms with Gasteiger partial charge >= 0.3 is 0 Å². The Labute approximate surface area is 144 Å². The number of benzene rings is 1. The first-order chi connectivity index (χ1) is 11.4. The molecular weight excluding hydrogens is 303 g/mol. The summed E-state index contributed by atoms with van der Waals surface area (Å²) in [4.78, 5) is 0. The minimum absolute atomic E-state index is 0.228. The Morgan fingerprint density at radius 3 is 2.79 bits per heavy atom. The molecule has 1 aromatic carbocycles. The van der Waals surface area contributed by atoms with Crippen LogP contribution >= 0.6 is 0 Å². The zero-order chi connectivity index (χ0) is 17.3. The van der Waals surface area contributed by atoms with Crippen molar-refractivity contribution in [3.05, 3.63) is 34.9 Å². The summed E-state index contributed by atoms with van der Waals surface area (Å²) in [6.07, 6.45) is 7.62. The van der Waals surface area contributed by atoms with E-state index in [0.717, 1.165) is 49.0 Å². The molecule has 1 aliphatic carbocycles. The summed E-state index contributed by atoms with van der Waals surface area (Å²) in [5.74, 6) is 1.94. The number of phenolic OH excluding ortho intramolecular Hbond substituents is 1. The lowest BCUT2D eigenvalue weighted by Crippen LogP contribution is -2.45. The summed E-state index contributed by atoms with van der Waals surface area (Å²) in [5.41, 5.74) is 3.24. The van der Waals surface area contributed by atoms with E-state index in [1.54, 1.807) is 0 Å². The van der Waals surface area contributed by atoms with E-state index in [2.05, 4.69) is 32.9 Å². The van der Waals surface area contributed by atoms with E-state index in [1.165, 1.54) is 5.57 Å². The number of allylic oxidation sites excluding steroid dienone is 2. The molecular formula is C21H29FO2. The topological polar surface area (TPSA) is 29.5 Å². The smallest absolute Gasteiger partial charge is 0.127 e. The van der Waals surface area contributed by atoms with Crippen LogP contribution in [0.4, 0.5) is 4.39 Å². The van der Waals surface area contributed by atoms with E-state index in [-0.39, 0.29) is 12.3 Å². The monoisotopic (exact) mass is 332 g/mol. The van der Waals surface area contributed by atoms with Gasteiger partial charge in [-0.15, -0.1) is 0 Å². The Bertz CT molecular complexity index is 633. The molecule has 132 valence electrons. The van der Waals surface area contributed by atoms with Crippen LogP contribution < -0.4 is 4.74 Å². The average molecular weight is 332 g/mol. The standard InChI is InChI=1S/C21H29FO2/c1-14-8-9-17-16(11-14)20-18(23)12-15(7-5-4-6-10-22)13-19(20)24-21(17,2)3/h8,12-13,16-17,23H,4-7,9-11H2,1-3H3/t16-,17+/m1/s1. The molecule has 0 aromatic heterocycles. The highest BCUT2D eigenvalue weighted by molar-refractivity contribution is 5.52. The van der Waals surface area contributed by atoms with Crippen LogP contribution in [0.15, 0.2) is 23.8 Å². The molecule has 0 saturated heterocycles. The summed E-state index contributed by atoms with van der Waals surface area (Å²) in [5, 5.41) is 10.7. The van der Waals surface area contributed by atoms with Crippen molar-refractivity contribution < 1.29 is 14.2 Å². The zero-order valence-electron chi connectivity index (χ0n) is 15.1. The van der Waals surface area contributed by atoms with Gasteiger partial charge in [-0.25, -0.2) is 0 Å². The molecule has 0 fully saturated rings. The summed E-state index contributed by atoms with van der Waals surface area (Å²) in [6.45, 7) is 6.25. The number of hydrogen-bond donors (Lipinski definition) is 1. The minimum atomic E-state index is -0.247. The van der Waals surface area contributed by atoms with Crippen molar-refractivity contribution in [2.24, 2.45) is 5.92 Å². The van der Waals surface area contributed by atoms with E-state index >= 15 is 0 Å². The fourth-order valence-electron chi connectivity index (χ4n) is 4.36. The van der Waals surface area contributed by atoms with Gasteiger partial charge in [0.25, 0.3) is 0 Å². The van der Waals surface area contributed by atoms with Gasteiger partial charge in [0.05, 0.1) is 6.67 Å². The van der Waals surface area contributed by atoms with Crippen LogP contribution in [-0.4, -0.2) is 17.4 Å². The van der Waals surface area contributed by atoms with E-state index in [9.17, 15) is 9.50 Å². The molecule has 24 heavy (non-hydrogen) atoms. The number of hydrogen-bond acceptors (Lipinski definition) is 2. The largest absolute Gasteiger partial charge is 0.508 e. The molecule has 3 heteroatoms. The van der Waals surface area contributed by atoms with Gasteiger partial charge < -0.3 is 9.84 Å². The van der Waals surface area contributed by atoms with Crippen molar-refractivity contribution in [2.45, 2.75) is 70.8 Å². The Morgan fingerprint density at radius 1 is 1.25 bits per heavy atom.